The molecule has 0 aliphatic carbocycles. The number of aromatic nitrogens is 4. The molecule has 0 spiro atoms. The van der Waals surface area contributed by atoms with Gasteiger partial charge in [0, 0.05) is 13.1 Å². The molecule has 0 amide bonds. The quantitative estimate of drug-likeness (QED) is 0.311. The number of methoxy groups -OCH3 is 1. The van der Waals surface area contributed by atoms with Gasteiger partial charge in [-0.3, -0.25) is 0 Å². The zero-order valence-electron chi connectivity index (χ0n) is 17.3. The van der Waals surface area contributed by atoms with Crippen LogP contribution in [0, 0.1) is 11.6 Å². The standard InChI is InChI=1S/C20H18ClF2N7O3/c1-31-16-8-12(2-3-15(16)33-18-14(23)11-24-19(21)28-18)9-26-29-20-25-10-13(22)17(27-20)30-4-6-32-7-5-30/h2-3,8-11H,4-7H2,1H3,(H,25,27,29). The fraction of sp³-hybridized carbons (Fsp3) is 0.250. The molecule has 1 saturated heterocycles. The molecule has 1 aromatic carbocycles. The Morgan fingerprint density at radius 3 is 2.70 bits per heavy atom. The van der Waals surface area contributed by atoms with E-state index in [1.54, 1.807) is 23.1 Å². The lowest BCUT2D eigenvalue weighted by Gasteiger charge is -2.27. The van der Waals surface area contributed by atoms with Crippen molar-refractivity contribution in [2.24, 2.45) is 5.10 Å². The van der Waals surface area contributed by atoms with E-state index in [9.17, 15) is 8.78 Å². The first kappa shape index (κ1) is 22.6. The highest BCUT2D eigenvalue weighted by atomic mass is 35.5. The molecule has 1 aliphatic heterocycles. The lowest BCUT2D eigenvalue weighted by atomic mass is 10.2. The second-order valence-electron chi connectivity index (χ2n) is 6.64. The summed E-state index contributed by atoms with van der Waals surface area (Å²) >= 11 is 5.69. The summed E-state index contributed by atoms with van der Waals surface area (Å²) in [6, 6.07) is 4.83. The number of nitrogens with one attached hydrogen (secondary N) is 1. The van der Waals surface area contributed by atoms with Gasteiger partial charge in [-0.15, -0.1) is 0 Å². The molecule has 1 N–H and O–H groups in total. The van der Waals surface area contributed by atoms with Gasteiger partial charge in [-0.1, -0.05) is 0 Å². The predicted octanol–water partition coefficient (Wildman–Crippen LogP) is 3.28. The van der Waals surface area contributed by atoms with Crippen molar-refractivity contribution in [3.8, 4) is 17.4 Å². The van der Waals surface area contributed by atoms with Crippen LogP contribution in [0.25, 0.3) is 0 Å². The first-order valence-corrected chi connectivity index (χ1v) is 10.1. The monoisotopic (exact) mass is 477 g/mol. The molecule has 1 fully saturated rings. The Bertz CT molecular complexity index is 1160. The van der Waals surface area contributed by atoms with Gasteiger partial charge in [-0.2, -0.15) is 19.5 Å². The summed E-state index contributed by atoms with van der Waals surface area (Å²) < 4.78 is 44.0. The fourth-order valence-corrected chi connectivity index (χ4v) is 3.05. The van der Waals surface area contributed by atoms with Crippen LogP contribution in [0.5, 0.6) is 17.4 Å². The molecule has 4 rings (SSSR count). The Morgan fingerprint density at radius 2 is 1.91 bits per heavy atom. The number of benzene rings is 1. The highest BCUT2D eigenvalue weighted by Gasteiger charge is 2.18. The third kappa shape index (κ3) is 5.59. The predicted molar refractivity (Wildman–Crippen MR) is 116 cm³/mol. The van der Waals surface area contributed by atoms with E-state index in [0.717, 1.165) is 12.4 Å². The number of halogens is 3. The molecule has 3 aromatic rings. The zero-order chi connectivity index (χ0) is 23.2. The van der Waals surface area contributed by atoms with E-state index in [2.05, 4.69) is 30.5 Å². The van der Waals surface area contributed by atoms with Crippen molar-refractivity contribution in [2.75, 3.05) is 43.7 Å². The van der Waals surface area contributed by atoms with Crippen LogP contribution in [0.3, 0.4) is 0 Å². The number of ether oxygens (including phenoxy) is 3. The topological polar surface area (TPSA) is 107 Å². The summed E-state index contributed by atoms with van der Waals surface area (Å²) in [5, 5.41) is 3.93. The summed E-state index contributed by atoms with van der Waals surface area (Å²) in [5.74, 6) is -0.779. The first-order valence-electron chi connectivity index (χ1n) is 9.71. The molecular weight excluding hydrogens is 460 g/mol. The number of hydrogen-bond acceptors (Lipinski definition) is 10. The van der Waals surface area contributed by atoms with Crippen molar-refractivity contribution in [1.29, 1.82) is 0 Å². The molecule has 0 unspecified atom stereocenters. The van der Waals surface area contributed by atoms with Crippen molar-refractivity contribution in [1.82, 2.24) is 19.9 Å². The Balaban J connectivity index is 1.46. The number of hydrogen-bond donors (Lipinski definition) is 1. The minimum atomic E-state index is -0.771. The van der Waals surface area contributed by atoms with Crippen LogP contribution >= 0.6 is 11.6 Å². The normalized spacial score (nSPS) is 13.9. The minimum absolute atomic E-state index is 0.136. The second-order valence-corrected chi connectivity index (χ2v) is 6.98. The van der Waals surface area contributed by atoms with Crippen molar-refractivity contribution in [2.45, 2.75) is 0 Å². The van der Waals surface area contributed by atoms with Crippen LogP contribution in [0.15, 0.2) is 35.7 Å². The highest BCUT2D eigenvalue weighted by Crippen LogP contribution is 2.32. The van der Waals surface area contributed by atoms with E-state index in [4.69, 9.17) is 25.8 Å². The molecule has 0 bridgehead atoms. The van der Waals surface area contributed by atoms with Gasteiger partial charge in [0.05, 0.1) is 38.9 Å². The number of anilines is 2. The van der Waals surface area contributed by atoms with Gasteiger partial charge in [0.1, 0.15) is 0 Å². The Morgan fingerprint density at radius 1 is 1.12 bits per heavy atom. The molecule has 33 heavy (non-hydrogen) atoms. The largest absolute Gasteiger partial charge is 0.493 e. The third-order valence-electron chi connectivity index (χ3n) is 4.49. The smallest absolute Gasteiger partial charge is 0.260 e. The maximum atomic E-state index is 14.1. The van der Waals surface area contributed by atoms with E-state index in [0.29, 0.717) is 37.6 Å². The summed E-state index contributed by atoms with van der Waals surface area (Å²) in [6.45, 7) is 2.08. The Kier molecular flexibility index (Phi) is 7.05. The van der Waals surface area contributed by atoms with Crippen molar-refractivity contribution in [3.63, 3.8) is 0 Å². The van der Waals surface area contributed by atoms with Gasteiger partial charge in [0.2, 0.25) is 17.0 Å². The van der Waals surface area contributed by atoms with E-state index in [-0.39, 0.29) is 28.7 Å². The fourth-order valence-electron chi connectivity index (χ4n) is 2.93. The van der Waals surface area contributed by atoms with E-state index in [1.165, 1.54) is 13.3 Å². The average Bonchev–Trinajstić information content (AvgIpc) is 2.83. The van der Waals surface area contributed by atoms with Gasteiger partial charge < -0.3 is 19.1 Å². The molecule has 0 saturated carbocycles. The molecule has 10 nitrogen and oxygen atoms in total. The van der Waals surface area contributed by atoms with E-state index in [1.807, 2.05) is 0 Å². The third-order valence-corrected chi connectivity index (χ3v) is 4.67. The Hall–Kier alpha value is -3.64. The van der Waals surface area contributed by atoms with Crippen LogP contribution in [-0.2, 0) is 4.74 Å². The maximum absolute atomic E-state index is 14.1. The van der Waals surface area contributed by atoms with Crippen molar-refractivity contribution in [3.05, 3.63) is 53.1 Å². The van der Waals surface area contributed by atoms with Gasteiger partial charge in [0.15, 0.2) is 23.1 Å². The highest BCUT2D eigenvalue weighted by molar-refractivity contribution is 6.28. The molecule has 0 radical (unpaired) electrons. The van der Waals surface area contributed by atoms with Crippen LogP contribution in [-0.4, -0.2) is 59.6 Å². The number of hydrazone groups is 1. The SMILES string of the molecule is COc1cc(C=NNc2ncc(F)c(N3CCOCC3)n2)ccc1Oc1nc(Cl)ncc1F. The molecule has 2 aromatic heterocycles. The average molecular weight is 478 g/mol. The molecular formula is C20H18ClF2N7O3. The lowest BCUT2D eigenvalue weighted by molar-refractivity contribution is 0.122. The zero-order valence-corrected chi connectivity index (χ0v) is 18.1. The number of morpholine rings is 1. The van der Waals surface area contributed by atoms with Crippen molar-refractivity contribution < 1.29 is 23.0 Å². The van der Waals surface area contributed by atoms with E-state index >= 15 is 0 Å². The van der Waals surface area contributed by atoms with E-state index < -0.39 is 11.6 Å². The van der Waals surface area contributed by atoms with Crippen LogP contribution in [0.4, 0.5) is 20.5 Å². The minimum Gasteiger partial charge on any atom is -0.493 e. The number of nitrogens with zero attached hydrogens (tertiary/aromatic N) is 6. The molecule has 3 heterocycles. The summed E-state index contributed by atoms with van der Waals surface area (Å²) in [4.78, 5) is 17.1. The molecule has 172 valence electrons. The van der Waals surface area contributed by atoms with Gasteiger partial charge >= 0.3 is 0 Å². The van der Waals surface area contributed by atoms with Crippen molar-refractivity contribution >= 4 is 29.6 Å². The summed E-state index contributed by atoms with van der Waals surface area (Å²) in [6.07, 6.45) is 3.48. The van der Waals surface area contributed by atoms with Gasteiger partial charge in [0.25, 0.3) is 5.88 Å². The first-order chi connectivity index (χ1) is 16.0. The van der Waals surface area contributed by atoms with Crippen LogP contribution < -0.4 is 19.8 Å². The van der Waals surface area contributed by atoms with Crippen LogP contribution in [0.2, 0.25) is 5.28 Å². The van der Waals surface area contributed by atoms with Gasteiger partial charge in [-0.25, -0.2) is 19.8 Å². The summed E-state index contributed by atoms with van der Waals surface area (Å²) in [5.41, 5.74) is 3.30. The number of rotatable bonds is 7. The van der Waals surface area contributed by atoms with Crippen LogP contribution in [0.1, 0.15) is 5.56 Å². The molecule has 13 heteroatoms. The van der Waals surface area contributed by atoms with Gasteiger partial charge in [-0.05, 0) is 35.4 Å². The Labute approximate surface area is 192 Å². The summed E-state index contributed by atoms with van der Waals surface area (Å²) in [7, 11) is 1.43. The molecule has 0 atom stereocenters. The maximum Gasteiger partial charge on any atom is 0.260 e. The second kappa shape index (κ2) is 10.3. The molecule has 1 aliphatic rings. The lowest BCUT2D eigenvalue weighted by Crippen LogP contribution is -2.37.